The van der Waals surface area contributed by atoms with Gasteiger partial charge in [0.25, 0.3) is 5.91 Å². The maximum Gasteiger partial charge on any atom is 0.271 e. The van der Waals surface area contributed by atoms with E-state index < -0.39 is 0 Å². The number of nitrogens with one attached hydrogen (secondary N) is 1. The molecular weight excluding hydrogens is 374 g/mol. The first-order valence-corrected chi connectivity index (χ1v) is 9.84. The highest BCUT2D eigenvalue weighted by Crippen LogP contribution is 2.44. The minimum atomic E-state index is -0.349. The molecule has 1 aliphatic heterocycles. The Kier molecular flexibility index (Phi) is 5.66. The molecule has 3 rings (SSSR count). The minimum absolute atomic E-state index is 0.0815. The van der Waals surface area contributed by atoms with Gasteiger partial charge in [0.1, 0.15) is 5.75 Å². The SMILES string of the molecule is CCN1c2cc(Cl)c(/C=N\NC(=O)c3ccc(O)cc3)cc2C(C)CC1(C)C. The monoisotopic (exact) mass is 399 g/mol. The quantitative estimate of drug-likeness (QED) is 0.566. The molecule has 1 atom stereocenters. The molecule has 0 aromatic heterocycles. The number of rotatable bonds is 4. The summed E-state index contributed by atoms with van der Waals surface area (Å²) in [5.74, 6) is 0.167. The molecule has 1 heterocycles. The maximum absolute atomic E-state index is 12.1. The largest absolute Gasteiger partial charge is 0.508 e. The van der Waals surface area contributed by atoms with Crippen molar-refractivity contribution in [3.05, 3.63) is 58.1 Å². The number of carbonyl (C=O) groups is 1. The number of hydrogen-bond acceptors (Lipinski definition) is 4. The van der Waals surface area contributed by atoms with Crippen LogP contribution in [-0.4, -0.2) is 29.3 Å². The van der Waals surface area contributed by atoms with Gasteiger partial charge >= 0.3 is 0 Å². The van der Waals surface area contributed by atoms with Crippen LogP contribution in [0.4, 0.5) is 5.69 Å². The van der Waals surface area contributed by atoms with Gasteiger partial charge in [-0.3, -0.25) is 4.79 Å². The number of halogens is 1. The Morgan fingerprint density at radius 1 is 1.36 bits per heavy atom. The maximum atomic E-state index is 12.1. The summed E-state index contributed by atoms with van der Waals surface area (Å²) in [7, 11) is 0. The van der Waals surface area contributed by atoms with Gasteiger partial charge in [-0.25, -0.2) is 5.43 Å². The number of anilines is 1. The van der Waals surface area contributed by atoms with Crippen LogP contribution in [-0.2, 0) is 0 Å². The zero-order valence-corrected chi connectivity index (χ0v) is 17.4. The lowest BCUT2D eigenvalue weighted by atomic mass is 9.79. The Balaban J connectivity index is 1.82. The van der Waals surface area contributed by atoms with Gasteiger partial charge in [0.05, 0.1) is 11.2 Å². The molecule has 1 unspecified atom stereocenters. The molecule has 5 nitrogen and oxygen atoms in total. The molecule has 0 fully saturated rings. The van der Waals surface area contributed by atoms with E-state index in [4.69, 9.17) is 11.6 Å². The number of amides is 1. The Labute approximate surface area is 171 Å². The second-order valence-electron chi connectivity index (χ2n) is 7.84. The van der Waals surface area contributed by atoms with Crippen molar-refractivity contribution in [1.82, 2.24) is 5.43 Å². The Morgan fingerprint density at radius 3 is 2.68 bits per heavy atom. The van der Waals surface area contributed by atoms with Gasteiger partial charge in [0.15, 0.2) is 0 Å². The Hall–Kier alpha value is -2.53. The summed E-state index contributed by atoms with van der Waals surface area (Å²) in [5, 5.41) is 14.0. The molecule has 1 amide bonds. The van der Waals surface area contributed by atoms with E-state index in [1.54, 1.807) is 6.21 Å². The number of phenolic OH excluding ortho intramolecular Hbond substituents is 1. The molecular formula is C22H26ClN3O2. The molecule has 0 saturated heterocycles. The van der Waals surface area contributed by atoms with Crippen LogP contribution in [0.5, 0.6) is 5.75 Å². The molecule has 2 N–H and O–H groups in total. The highest BCUT2D eigenvalue weighted by molar-refractivity contribution is 6.33. The van der Waals surface area contributed by atoms with E-state index in [1.165, 1.54) is 35.5 Å². The van der Waals surface area contributed by atoms with Crippen LogP contribution in [0.25, 0.3) is 0 Å². The van der Waals surface area contributed by atoms with Crippen molar-refractivity contribution in [3.63, 3.8) is 0 Å². The summed E-state index contributed by atoms with van der Waals surface area (Å²) in [4.78, 5) is 14.5. The van der Waals surface area contributed by atoms with Crippen molar-refractivity contribution in [2.45, 2.75) is 45.6 Å². The van der Waals surface area contributed by atoms with Crippen molar-refractivity contribution in [2.75, 3.05) is 11.4 Å². The predicted molar refractivity (Wildman–Crippen MR) is 115 cm³/mol. The zero-order valence-electron chi connectivity index (χ0n) is 16.7. The van der Waals surface area contributed by atoms with E-state index in [-0.39, 0.29) is 17.2 Å². The molecule has 0 radical (unpaired) electrons. The first-order chi connectivity index (χ1) is 13.2. The van der Waals surface area contributed by atoms with E-state index in [1.807, 2.05) is 6.07 Å². The smallest absolute Gasteiger partial charge is 0.271 e. The van der Waals surface area contributed by atoms with Crippen LogP contribution in [0.2, 0.25) is 5.02 Å². The summed E-state index contributed by atoms with van der Waals surface area (Å²) >= 11 is 6.52. The van der Waals surface area contributed by atoms with Crippen LogP contribution in [0.1, 0.15) is 61.5 Å². The molecule has 0 aliphatic carbocycles. The number of benzene rings is 2. The van der Waals surface area contributed by atoms with E-state index in [0.29, 0.717) is 16.5 Å². The Bertz CT molecular complexity index is 907. The summed E-state index contributed by atoms with van der Waals surface area (Å²) < 4.78 is 0. The fourth-order valence-electron chi connectivity index (χ4n) is 4.06. The number of fused-ring (bicyclic) bond motifs is 1. The van der Waals surface area contributed by atoms with Crippen molar-refractivity contribution in [2.24, 2.45) is 5.10 Å². The summed E-state index contributed by atoms with van der Waals surface area (Å²) in [5.41, 5.74) is 6.18. The fourth-order valence-corrected chi connectivity index (χ4v) is 4.26. The third-order valence-corrected chi connectivity index (χ3v) is 5.65. The van der Waals surface area contributed by atoms with Gasteiger partial charge in [0, 0.05) is 28.9 Å². The second kappa shape index (κ2) is 7.84. The molecule has 0 spiro atoms. The number of hydrogen-bond donors (Lipinski definition) is 2. The predicted octanol–water partition coefficient (Wildman–Crippen LogP) is 4.92. The molecule has 0 bridgehead atoms. The molecule has 1 aliphatic rings. The van der Waals surface area contributed by atoms with Crippen molar-refractivity contribution < 1.29 is 9.90 Å². The zero-order chi connectivity index (χ0) is 20.5. The van der Waals surface area contributed by atoms with Gasteiger partial charge in [-0.15, -0.1) is 0 Å². The number of aromatic hydroxyl groups is 1. The highest BCUT2D eigenvalue weighted by atomic mass is 35.5. The number of hydrazone groups is 1. The molecule has 2 aromatic carbocycles. The van der Waals surface area contributed by atoms with E-state index in [0.717, 1.165) is 18.5 Å². The fraction of sp³-hybridized carbons (Fsp3) is 0.364. The van der Waals surface area contributed by atoms with Crippen molar-refractivity contribution in [1.29, 1.82) is 0 Å². The first-order valence-electron chi connectivity index (χ1n) is 9.46. The lowest BCUT2D eigenvalue weighted by molar-refractivity contribution is 0.0955. The molecule has 6 heteroatoms. The topological polar surface area (TPSA) is 64.9 Å². The highest BCUT2D eigenvalue weighted by Gasteiger charge is 2.35. The lowest BCUT2D eigenvalue weighted by Crippen LogP contribution is -2.48. The van der Waals surface area contributed by atoms with Gasteiger partial charge < -0.3 is 10.0 Å². The minimum Gasteiger partial charge on any atom is -0.508 e. The summed E-state index contributed by atoms with van der Waals surface area (Å²) in [6, 6.07) is 10.1. The molecule has 2 aromatic rings. The van der Waals surface area contributed by atoms with Crippen LogP contribution in [0.3, 0.4) is 0 Å². The number of carbonyl (C=O) groups excluding carboxylic acids is 1. The van der Waals surface area contributed by atoms with Crippen molar-refractivity contribution in [3.8, 4) is 5.75 Å². The molecule has 0 saturated carbocycles. The summed E-state index contributed by atoms with van der Waals surface area (Å²) in [6.45, 7) is 9.83. The van der Waals surface area contributed by atoms with Crippen LogP contribution >= 0.6 is 11.6 Å². The first kappa shape index (κ1) is 20.2. The molecule has 28 heavy (non-hydrogen) atoms. The molecule has 148 valence electrons. The third-order valence-electron chi connectivity index (χ3n) is 5.32. The van der Waals surface area contributed by atoms with Gasteiger partial charge in [-0.1, -0.05) is 18.5 Å². The van der Waals surface area contributed by atoms with Crippen LogP contribution in [0.15, 0.2) is 41.5 Å². The van der Waals surface area contributed by atoms with Crippen LogP contribution in [0, 0.1) is 0 Å². The van der Waals surface area contributed by atoms with Crippen molar-refractivity contribution >= 4 is 29.4 Å². The lowest BCUT2D eigenvalue weighted by Gasteiger charge is -2.47. The third kappa shape index (κ3) is 3.99. The second-order valence-corrected chi connectivity index (χ2v) is 8.25. The average molecular weight is 400 g/mol. The van der Waals surface area contributed by atoms with E-state index >= 15 is 0 Å². The number of nitrogens with zero attached hydrogens (tertiary/aromatic N) is 2. The average Bonchev–Trinajstić information content (AvgIpc) is 2.62. The van der Waals surface area contributed by atoms with Crippen LogP contribution < -0.4 is 10.3 Å². The normalized spacial score (nSPS) is 18.2. The summed E-state index contributed by atoms with van der Waals surface area (Å²) in [6.07, 6.45) is 2.63. The number of phenols is 1. The van der Waals surface area contributed by atoms with Gasteiger partial charge in [-0.05, 0) is 75.1 Å². The van der Waals surface area contributed by atoms with E-state index in [2.05, 4.69) is 49.2 Å². The van der Waals surface area contributed by atoms with Gasteiger partial charge in [0.2, 0.25) is 0 Å². The van der Waals surface area contributed by atoms with E-state index in [9.17, 15) is 9.90 Å². The standard InChI is InChI=1S/C22H26ClN3O2/c1-5-26-20-11-19(23)16(10-18(20)14(2)12-22(26,3)4)13-24-25-21(28)15-6-8-17(27)9-7-15/h6-11,13-14,27H,5,12H2,1-4H3,(H,25,28)/b24-13-. The Morgan fingerprint density at radius 2 is 2.04 bits per heavy atom. The van der Waals surface area contributed by atoms with Gasteiger partial charge in [-0.2, -0.15) is 5.10 Å².